The lowest BCUT2D eigenvalue weighted by atomic mass is 10.1. The van der Waals surface area contributed by atoms with E-state index >= 15 is 0 Å². The second kappa shape index (κ2) is 9.15. The van der Waals surface area contributed by atoms with Gasteiger partial charge in [-0.05, 0) is 55.3 Å². The Morgan fingerprint density at radius 1 is 1.18 bits per heavy atom. The fourth-order valence-corrected chi connectivity index (χ4v) is 4.56. The summed E-state index contributed by atoms with van der Waals surface area (Å²) < 4.78 is 7.77. The normalized spacial score (nSPS) is 15.9. The third kappa shape index (κ3) is 4.08. The van der Waals surface area contributed by atoms with Gasteiger partial charge in [-0.25, -0.2) is 4.98 Å². The van der Waals surface area contributed by atoms with Crippen LogP contribution in [0.4, 0.5) is 5.82 Å². The number of likely N-dealkylation sites (tertiary alicyclic amines) is 1. The Labute approximate surface area is 201 Å². The standard InChI is InChI=1S/C25H23ClN6O2/c1-2-21(33)31-13-3-4-17(15-31)32-24-20(26)14-29-25(27)22(24)23(30-32)16-5-7-18(8-6-16)34-19-9-11-28-12-10-19/h2,5-12,14,17H,1,3-4,13,15H2,(H2,27,29). The molecule has 1 amide bonds. The molecule has 34 heavy (non-hydrogen) atoms. The summed E-state index contributed by atoms with van der Waals surface area (Å²) in [6.07, 6.45) is 7.98. The molecule has 172 valence electrons. The number of benzene rings is 1. The number of piperidine rings is 1. The summed E-state index contributed by atoms with van der Waals surface area (Å²) in [7, 11) is 0. The number of nitrogens with zero attached hydrogens (tertiary/aromatic N) is 5. The predicted molar refractivity (Wildman–Crippen MR) is 132 cm³/mol. The van der Waals surface area contributed by atoms with Crippen molar-refractivity contribution in [1.82, 2.24) is 24.6 Å². The number of nitrogen functional groups attached to an aromatic ring is 1. The van der Waals surface area contributed by atoms with Crippen LogP contribution in [0.25, 0.3) is 22.2 Å². The zero-order valence-corrected chi connectivity index (χ0v) is 19.2. The topological polar surface area (TPSA) is 99.2 Å². The van der Waals surface area contributed by atoms with E-state index in [1.165, 1.54) is 6.08 Å². The molecule has 0 radical (unpaired) electrons. The van der Waals surface area contributed by atoms with Gasteiger partial charge in [0.2, 0.25) is 5.91 Å². The van der Waals surface area contributed by atoms with E-state index in [1.807, 2.05) is 28.9 Å². The van der Waals surface area contributed by atoms with Gasteiger partial charge in [0.05, 0.1) is 28.2 Å². The van der Waals surface area contributed by atoms with Gasteiger partial charge in [-0.15, -0.1) is 0 Å². The molecule has 1 aliphatic heterocycles. The summed E-state index contributed by atoms with van der Waals surface area (Å²) in [6, 6.07) is 11.2. The van der Waals surface area contributed by atoms with E-state index in [9.17, 15) is 4.79 Å². The van der Waals surface area contributed by atoms with Crippen molar-refractivity contribution < 1.29 is 9.53 Å². The molecular formula is C25H23ClN6O2. The Balaban J connectivity index is 1.54. The maximum absolute atomic E-state index is 12.2. The number of nitrogens with two attached hydrogens (primary N) is 1. The molecule has 8 nitrogen and oxygen atoms in total. The van der Waals surface area contributed by atoms with Crippen molar-refractivity contribution in [1.29, 1.82) is 0 Å². The molecule has 1 unspecified atom stereocenters. The molecule has 1 fully saturated rings. The van der Waals surface area contributed by atoms with Crippen molar-refractivity contribution in [3.05, 3.63) is 72.7 Å². The smallest absolute Gasteiger partial charge is 0.246 e. The summed E-state index contributed by atoms with van der Waals surface area (Å²) in [5.41, 5.74) is 8.57. The van der Waals surface area contributed by atoms with Crippen LogP contribution >= 0.6 is 11.6 Å². The number of pyridine rings is 2. The van der Waals surface area contributed by atoms with Crippen LogP contribution < -0.4 is 10.5 Å². The molecular weight excluding hydrogens is 452 g/mol. The molecule has 0 spiro atoms. The maximum Gasteiger partial charge on any atom is 0.246 e. The van der Waals surface area contributed by atoms with Gasteiger partial charge in [0.15, 0.2) is 0 Å². The van der Waals surface area contributed by atoms with Crippen LogP contribution in [0.15, 0.2) is 67.6 Å². The Hall–Kier alpha value is -3.91. The van der Waals surface area contributed by atoms with Gasteiger partial charge in [-0.3, -0.25) is 14.5 Å². The summed E-state index contributed by atoms with van der Waals surface area (Å²) in [5.74, 6) is 1.66. The molecule has 5 rings (SSSR count). The quantitative estimate of drug-likeness (QED) is 0.414. The van der Waals surface area contributed by atoms with E-state index in [4.69, 9.17) is 27.2 Å². The highest BCUT2D eigenvalue weighted by molar-refractivity contribution is 6.35. The first-order valence-corrected chi connectivity index (χ1v) is 11.3. The lowest BCUT2D eigenvalue weighted by molar-refractivity contribution is -0.127. The summed E-state index contributed by atoms with van der Waals surface area (Å²) in [4.78, 5) is 22.3. The van der Waals surface area contributed by atoms with E-state index in [-0.39, 0.29) is 11.9 Å². The van der Waals surface area contributed by atoms with E-state index in [2.05, 4.69) is 16.5 Å². The van der Waals surface area contributed by atoms with E-state index < -0.39 is 0 Å². The van der Waals surface area contributed by atoms with Crippen LogP contribution in [0.2, 0.25) is 5.02 Å². The van der Waals surface area contributed by atoms with Crippen molar-refractivity contribution >= 4 is 34.2 Å². The van der Waals surface area contributed by atoms with Gasteiger partial charge in [-0.1, -0.05) is 18.2 Å². The van der Waals surface area contributed by atoms with Gasteiger partial charge < -0.3 is 15.4 Å². The number of hydrogen-bond donors (Lipinski definition) is 1. The fourth-order valence-electron chi connectivity index (χ4n) is 4.33. The highest BCUT2D eigenvalue weighted by Crippen LogP contribution is 2.38. The molecule has 0 bridgehead atoms. The van der Waals surface area contributed by atoms with Gasteiger partial charge in [0.1, 0.15) is 23.0 Å². The molecule has 1 atom stereocenters. The van der Waals surface area contributed by atoms with Crippen molar-refractivity contribution in [3.8, 4) is 22.8 Å². The molecule has 1 saturated heterocycles. The van der Waals surface area contributed by atoms with E-state index in [0.29, 0.717) is 46.5 Å². The number of ether oxygens (including phenoxy) is 1. The number of anilines is 1. The number of carbonyl (C=O) groups excluding carboxylic acids is 1. The average molecular weight is 475 g/mol. The van der Waals surface area contributed by atoms with Crippen molar-refractivity contribution in [2.24, 2.45) is 0 Å². The molecule has 1 aromatic carbocycles. The fraction of sp³-hybridized carbons (Fsp3) is 0.200. The zero-order chi connectivity index (χ0) is 23.7. The second-order valence-corrected chi connectivity index (χ2v) is 8.51. The summed E-state index contributed by atoms with van der Waals surface area (Å²) >= 11 is 6.60. The minimum absolute atomic E-state index is 0.0394. The molecule has 9 heteroatoms. The third-order valence-electron chi connectivity index (χ3n) is 5.95. The predicted octanol–water partition coefficient (Wildman–Crippen LogP) is 4.87. The molecule has 0 saturated carbocycles. The summed E-state index contributed by atoms with van der Waals surface area (Å²) in [6.45, 7) is 4.84. The molecule has 3 aromatic heterocycles. The molecule has 1 aliphatic rings. The number of fused-ring (bicyclic) bond motifs is 1. The molecule has 4 heterocycles. The Morgan fingerprint density at radius 2 is 1.91 bits per heavy atom. The molecule has 2 N–H and O–H groups in total. The highest BCUT2D eigenvalue weighted by atomic mass is 35.5. The minimum atomic E-state index is -0.0848. The summed E-state index contributed by atoms with van der Waals surface area (Å²) in [5, 5.41) is 6.10. The van der Waals surface area contributed by atoms with E-state index in [1.54, 1.807) is 35.6 Å². The number of aromatic nitrogens is 4. The SMILES string of the molecule is C=CC(=O)N1CCCC(n2nc(-c3ccc(Oc4ccncc4)cc3)c3c(N)ncc(Cl)c32)C1. The first-order valence-electron chi connectivity index (χ1n) is 11.0. The molecule has 0 aliphatic carbocycles. The number of carbonyl (C=O) groups is 1. The van der Waals surface area contributed by atoms with Crippen LogP contribution in [-0.2, 0) is 4.79 Å². The average Bonchev–Trinajstić information content (AvgIpc) is 3.29. The van der Waals surface area contributed by atoms with Crippen LogP contribution in [0.3, 0.4) is 0 Å². The van der Waals surface area contributed by atoms with E-state index in [0.717, 1.165) is 23.9 Å². The van der Waals surface area contributed by atoms with Crippen molar-refractivity contribution in [2.75, 3.05) is 18.8 Å². The number of halogens is 1. The van der Waals surface area contributed by atoms with Gasteiger partial charge >= 0.3 is 0 Å². The zero-order valence-electron chi connectivity index (χ0n) is 18.4. The maximum atomic E-state index is 12.2. The monoisotopic (exact) mass is 474 g/mol. The van der Waals surface area contributed by atoms with Crippen molar-refractivity contribution in [2.45, 2.75) is 18.9 Å². The van der Waals surface area contributed by atoms with Gasteiger partial charge in [0, 0.05) is 31.0 Å². The van der Waals surface area contributed by atoms with Gasteiger partial charge in [0.25, 0.3) is 0 Å². The second-order valence-electron chi connectivity index (χ2n) is 8.10. The minimum Gasteiger partial charge on any atom is -0.457 e. The third-order valence-corrected chi connectivity index (χ3v) is 6.23. The first kappa shape index (κ1) is 21.9. The van der Waals surface area contributed by atoms with Crippen LogP contribution in [0, 0.1) is 0 Å². The Kier molecular flexibility index (Phi) is 5.90. The lowest BCUT2D eigenvalue weighted by Gasteiger charge is -2.32. The first-order chi connectivity index (χ1) is 16.5. The Morgan fingerprint density at radius 3 is 2.65 bits per heavy atom. The van der Waals surface area contributed by atoms with Crippen molar-refractivity contribution in [3.63, 3.8) is 0 Å². The highest BCUT2D eigenvalue weighted by Gasteiger charge is 2.28. The van der Waals surface area contributed by atoms with Gasteiger partial charge in [-0.2, -0.15) is 5.10 Å². The number of rotatable bonds is 5. The number of hydrogen-bond acceptors (Lipinski definition) is 6. The van der Waals surface area contributed by atoms with Crippen LogP contribution in [0.1, 0.15) is 18.9 Å². The van der Waals surface area contributed by atoms with Crippen LogP contribution in [-0.4, -0.2) is 43.6 Å². The largest absolute Gasteiger partial charge is 0.457 e. The number of amides is 1. The van der Waals surface area contributed by atoms with Crippen LogP contribution in [0.5, 0.6) is 11.5 Å². The lowest BCUT2D eigenvalue weighted by Crippen LogP contribution is -2.40. The Bertz CT molecular complexity index is 1350. The molecule has 4 aromatic rings.